The number of carbonyl (C=O) groups excluding carboxylic acids is 2. The van der Waals surface area contributed by atoms with Crippen molar-refractivity contribution in [2.24, 2.45) is 10.8 Å². The van der Waals surface area contributed by atoms with Crippen molar-refractivity contribution in [2.75, 3.05) is 13.7 Å². The number of hydrogen-bond donors (Lipinski definition) is 0. The highest BCUT2D eigenvalue weighted by Crippen LogP contribution is 2.47. The van der Waals surface area contributed by atoms with Crippen LogP contribution in [0.2, 0.25) is 45.3 Å². The van der Waals surface area contributed by atoms with E-state index in [1.807, 2.05) is 6.92 Å². The van der Waals surface area contributed by atoms with Gasteiger partial charge in [-0.25, -0.2) is 0 Å². The van der Waals surface area contributed by atoms with Crippen LogP contribution >= 0.6 is 0 Å². The maximum Gasteiger partial charge on any atom is 0.553 e. The molecule has 24 heteroatoms. The first-order valence-corrected chi connectivity index (χ1v) is 31.0. The SMILES string of the molecule is CCC(C)(CC(C)(C)C(=O)OC)C(=O)OCCC[Si]12O[Si]3(C)O[Si]4O[Si]5(C)O[Si](C)(O3)O[Si](C)(O[Si](C)(O5)O[Si](C)(O4)O1)O2. The minimum Gasteiger partial charge on any atom is -0.469 e. The Kier molecular flexibility index (Phi) is 9.18. The van der Waals surface area contributed by atoms with E-state index in [0.717, 1.165) is 0 Å². The Balaban J connectivity index is 1.40. The monoisotopic (exact) mass is 763 g/mol. The number of methoxy groups -OCH3 is 1. The van der Waals surface area contributed by atoms with Crippen LogP contribution < -0.4 is 0 Å². The molecule has 0 N–H and O–H groups in total. The fraction of sp³-hybridized carbons (Fsp3) is 0.900. The molecule has 6 aliphatic heterocycles. The van der Waals surface area contributed by atoms with E-state index in [1.54, 1.807) is 60.1 Å². The smallest absolute Gasteiger partial charge is 0.469 e. The zero-order valence-electron chi connectivity index (χ0n) is 27.1. The largest absolute Gasteiger partial charge is 0.553 e. The van der Waals surface area contributed by atoms with E-state index in [1.165, 1.54) is 7.11 Å². The molecule has 0 saturated carbocycles. The van der Waals surface area contributed by atoms with Crippen molar-refractivity contribution < 1.29 is 68.4 Å². The lowest BCUT2D eigenvalue weighted by Crippen LogP contribution is -2.84. The van der Waals surface area contributed by atoms with Gasteiger partial charge in [-0.3, -0.25) is 9.59 Å². The lowest BCUT2D eigenvalue weighted by atomic mass is 9.72. The first kappa shape index (κ1) is 35.5. The Morgan fingerprint density at radius 3 is 1.52 bits per heavy atom. The van der Waals surface area contributed by atoms with Gasteiger partial charge >= 0.3 is 83.1 Å². The van der Waals surface area contributed by atoms with E-state index in [-0.39, 0.29) is 19.1 Å². The molecule has 5 atom stereocenters. The molecule has 6 rings (SSSR count). The van der Waals surface area contributed by atoms with E-state index in [2.05, 4.69) is 0 Å². The molecule has 0 aliphatic carbocycles. The molecule has 16 nitrogen and oxygen atoms in total. The van der Waals surface area contributed by atoms with Gasteiger partial charge in [0.1, 0.15) is 0 Å². The predicted octanol–water partition coefficient (Wildman–Crippen LogP) is 2.53. The fourth-order valence-electron chi connectivity index (χ4n) is 6.27. The lowest BCUT2D eigenvalue weighted by Gasteiger charge is -2.58. The van der Waals surface area contributed by atoms with Gasteiger partial charge in [0.15, 0.2) is 0 Å². The van der Waals surface area contributed by atoms with Gasteiger partial charge in [0, 0.05) is 45.3 Å². The Hall–Kier alpha value is 0.195. The van der Waals surface area contributed by atoms with Crippen LogP contribution in [0.4, 0.5) is 0 Å². The summed E-state index contributed by atoms with van der Waals surface area (Å²) in [6.07, 6.45) is 1.03. The summed E-state index contributed by atoms with van der Waals surface area (Å²) < 4.78 is 89.1. The summed E-state index contributed by atoms with van der Waals surface area (Å²) in [4.78, 5) is 25.6. The van der Waals surface area contributed by atoms with Crippen molar-refractivity contribution in [3.8, 4) is 0 Å². The number of rotatable bonds is 9. The summed E-state index contributed by atoms with van der Waals surface area (Å²) in [5, 5.41) is 0. The molecule has 8 bridgehead atoms. The van der Waals surface area contributed by atoms with Crippen LogP contribution in [0.15, 0.2) is 0 Å². The van der Waals surface area contributed by atoms with Gasteiger partial charge in [-0.2, -0.15) is 0 Å². The van der Waals surface area contributed by atoms with E-state index < -0.39 is 93.9 Å². The molecule has 0 amide bonds. The highest BCUT2D eigenvalue weighted by Gasteiger charge is 2.77. The molecule has 251 valence electrons. The van der Waals surface area contributed by atoms with Gasteiger partial charge in [0.25, 0.3) is 0 Å². The third kappa shape index (κ3) is 7.13. The van der Waals surface area contributed by atoms with Gasteiger partial charge < -0.3 is 58.9 Å². The molecule has 6 saturated heterocycles. The molecule has 0 aromatic carbocycles. The number of ether oxygens (including phenoxy) is 2. The first-order valence-electron chi connectivity index (χ1n) is 14.5. The minimum atomic E-state index is -3.85. The van der Waals surface area contributed by atoms with Crippen molar-refractivity contribution >= 4 is 83.1 Å². The van der Waals surface area contributed by atoms with E-state index in [4.69, 9.17) is 58.9 Å². The van der Waals surface area contributed by atoms with Crippen molar-refractivity contribution in [3.63, 3.8) is 0 Å². The van der Waals surface area contributed by atoms with Gasteiger partial charge in [-0.1, -0.05) is 6.92 Å². The quantitative estimate of drug-likeness (QED) is 0.191. The zero-order chi connectivity index (χ0) is 32.7. The highest BCUT2D eigenvalue weighted by molar-refractivity contribution is 7.00. The Morgan fingerprint density at radius 1 is 0.659 bits per heavy atom. The number of hydrogen-bond acceptors (Lipinski definition) is 16. The molecule has 44 heavy (non-hydrogen) atoms. The molecule has 1 radical (unpaired) electrons. The van der Waals surface area contributed by atoms with Crippen LogP contribution in [0.1, 0.15) is 47.0 Å². The van der Waals surface area contributed by atoms with Crippen molar-refractivity contribution in [1.29, 1.82) is 0 Å². The Labute approximate surface area is 267 Å². The van der Waals surface area contributed by atoms with Crippen LogP contribution in [-0.2, 0) is 68.4 Å². The second-order valence-electron chi connectivity index (χ2n) is 13.0. The standard InChI is InChI=1S/C20H43O16Si8/c1-12-20(4,16-19(2,3)17(21)23-5)18(22)24-14-13-15-44-34-39(7)26-37-25-38(6)28-41(9,30-39)32-43(11,36-44)33-42(10,29-38)31-40(8,27-37)35-44/h12-16H2,1-11H3. The third-order valence-electron chi connectivity index (χ3n) is 7.76. The van der Waals surface area contributed by atoms with Crippen LogP contribution in [-0.4, -0.2) is 96.8 Å². The summed E-state index contributed by atoms with van der Waals surface area (Å²) in [6, 6.07) is 0.185. The van der Waals surface area contributed by atoms with Crippen molar-refractivity contribution in [2.45, 2.75) is 92.3 Å². The van der Waals surface area contributed by atoms with Crippen LogP contribution in [0.3, 0.4) is 0 Å². The average molecular weight is 764 g/mol. The molecule has 6 aliphatic rings. The van der Waals surface area contributed by atoms with Crippen molar-refractivity contribution in [1.82, 2.24) is 0 Å². The lowest BCUT2D eigenvalue weighted by molar-refractivity contribution is -0.162. The van der Waals surface area contributed by atoms with Gasteiger partial charge in [0.05, 0.1) is 24.5 Å². The first-order chi connectivity index (χ1) is 20.0. The number of esters is 2. The Morgan fingerprint density at radius 2 is 1.07 bits per heavy atom. The topological polar surface area (TPSA) is 163 Å². The van der Waals surface area contributed by atoms with E-state index in [9.17, 15) is 9.59 Å². The number of carbonyl (C=O) groups is 2. The summed E-state index contributed by atoms with van der Waals surface area (Å²) in [5.41, 5.74) is -1.78. The van der Waals surface area contributed by atoms with Crippen LogP contribution in [0.25, 0.3) is 0 Å². The summed E-state index contributed by atoms with van der Waals surface area (Å²) in [6.45, 7) is 17.4. The third-order valence-corrected chi connectivity index (χ3v) is 41.2. The predicted molar refractivity (Wildman–Crippen MR) is 163 cm³/mol. The molecule has 0 aromatic rings. The zero-order valence-corrected chi connectivity index (χ0v) is 35.1. The second kappa shape index (κ2) is 11.4. The Bertz CT molecular complexity index is 1140. The molecule has 6 fully saturated rings. The average Bonchev–Trinajstić information content (AvgIpc) is 2.79. The molecular formula is C20H43O16Si8. The molecule has 0 aromatic heterocycles. The van der Waals surface area contributed by atoms with Gasteiger partial charge in [0.2, 0.25) is 0 Å². The molecule has 0 spiro atoms. The van der Waals surface area contributed by atoms with Gasteiger partial charge in [-0.15, -0.1) is 0 Å². The summed E-state index contributed by atoms with van der Waals surface area (Å²) in [5.74, 6) is -0.812. The minimum absolute atomic E-state index is 0.0329. The van der Waals surface area contributed by atoms with Crippen molar-refractivity contribution in [3.05, 3.63) is 0 Å². The van der Waals surface area contributed by atoms with Crippen LogP contribution in [0, 0.1) is 10.8 Å². The normalized spacial score (nSPS) is 45.0. The summed E-state index contributed by atoms with van der Waals surface area (Å²) in [7, 11) is -26.7. The van der Waals surface area contributed by atoms with Gasteiger partial charge in [-0.05, 0) is 40.0 Å². The molecule has 6 heterocycles. The van der Waals surface area contributed by atoms with E-state index >= 15 is 0 Å². The fourth-order valence-corrected chi connectivity index (χ4v) is 47.6. The molecule has 5 unspecified atom stereocenters. The maximum atomic E-state index is 13.3. The highest BCUT2D eigenvalue weighted by atomic mass is 28.6. The second-order valence-corrected chi connectivity index (χ2v) is 35.6. The maximum absolute atomic E-state index is 13.3. The van der Waals surface area contributed by atoms with Crippen LogP contribution in [0.5, 0.6) is 0 Å². The van der Waals surface area contributed by atoms with E-state index in [0.29, 0.717) is 12.8 Å². The summed E-state index contributed by atoms with van der Waals surface area (Å²) >= 11 is 0. The molecular weight excluding hydrogens is 721 g/mol.